The van der Waals surface area contributed by atoms with Crippen molar-refractivity contribution in [2.75, 3.05) is 34.3 Å². The number of hydrogen-bond acceptors (Lipinski definition) is 4. The van der Waals surface area contributed by atoms with Gasteiger partial charge in [0.15, 0.2) is 0 Å². The molecule has 0 aliphatic heterocycles. The van der Waals surface area contributed by atoms with Crippen LogP contribution < -0.4 is 5.32 Å². The quantitative estimate of drug-likeness (QED) is 0.806. The summed E-state index contributed by atoms with van der Waals surface area (Å²) in [5.41, 5.74) is 2.38. The molecular formula is C16H26N2O2. The lowest BCUT2D eigenvalue weighted by atomic mass is 9.87. The average Bonchev–Trinajstić information content (AvgIpc) is 2.39. The molecule has 1 aromatic carbocycles. The first-order valence-corrected chi connectivity index (χ1v) is 6.87. The summed E-state index contributed by atoms with van der Waals surface area (Å²) >= 11 is 0. The predicted octanol–water partition coefficient (Wildman–Crippen LogP) is 1.84. The molecule has 0 fully saturated rings. The Morgan fingerprint density at radius 2 is 2.00 bits per heavy atom. The smallest absolute Gasteiger partial charge is 0.330 e. The molecule has 0 spiro atoms. The van der Waals surface area contributed by atoms with Gasteiger partial charge < -0.3 is 9.64 Å². The lowest BCUT2D eigenvalue weighted by molar-refractivity contribution is -0.148. The number of nitrogens with zero attached hydrogens (tertiary/aromatic N) is 1. The summed E-state index contributed by atoms with van der Waals surface area (Å²) < 4.78 is 5.01. The number of hydrogen-bond donors (Lipinski definition) is 1. The number of benzene rings is 1. The number of esters is 1. The summed E-state index contributed by atoms with van der Waals surface area (Å²) in [7, 11) is 5.45. The molecule has 1 unspecified atom stereocenters. The second kappa shape index (κ2) is 6.86. The number of aryl methyl sites for hydroxylation is 2. The van der Waals surface area contributed by atoms with Crippen LogP contribution >= 0.6 is 0 Å². The van der Waals surface area contributed by atoms with Crippen LogP contribution in [0.25, 0.3) is 0 Å². The normalized spacial score (nSPS) is 14.2. The van der Waals surface area contributed by atoms with E-state index in [4.69, 9.17) is 4.74 Å². The van der Waals surface area contributed by atoms with E-state index in [1.54, 1.807) is 0 Å². The van der Waals surface area contributed by atoms with Crippen LogP contribution in [0.5, 0.6) is 0 Å². The first kappa shape index (κ1) is 16.7. The van der Waals surface area contributed by atoms with Crippen molar-refractivity contribution in [1.29, 1.82) is 0 Å². The van der Waals surface area contributed by atoms with Crippen molar-refractivity contribution < 1.29 is 9.53 Å². The maximum absolute atomic E-state index is 12.3. The molecule has 1 N–H and O–H groups in total. The maximum Gasteiger partial charge on any atom is 0.330 e. The fourth-order valence-corrected chi connectivity index (χ4v) is 2.29. The Bertz CT molecular complexity index is 472. The summed E-state index contributed by atoms with van der Waals surface area (Å²) in [5, 5.41) is 3.35. The van der Waals surface area contributed by atoms with Gasteiger partial charge in [0.2, 0.25) is 0 Å². The minimum atomic E-state index is -0.819. The van der Waals surface area contributed by atoms with Gasteiger partial charge in [-0.3, -0.25) is 5.32 Å². The zero-order chi connectivity index (χ0) is 15.3. The molecule has 20 heavy (non-hydrogen) atoms. The fraction of sp³-hybridized carbons (Fsp3) is 0.562. The first-order valence-electron chi connectivity index (χ1n) is 6.87. The van der Waals surface area contributed by atoms with E-state index in [9.17, 15) is 4.79 Å². The number of ether oxygens (including phenoxy) is 1. The largest absolute Gasteiger partial charge is 0.467 e. The van der Waals surface area contributed by atoms with E-state index >= 15 is 0 Å². The molecule has 0 radical (unpaired) electrons. The number of carbonyl (C=O) groups excluding carboxylic acids is 1. The van der Waals surface area contributed by atoms with Crippen LogP contribution in [-0.4, -0.2) is 45.2 Å². The van der Waals surface area contributed by atoms with E-state index in [0.29, 0.717) is 6.54 Å². The van der Waals surface area contributed by atoms with Gasteiger partial charge in [0.05, 0.1) is 7.11 Å². The summed E-state index contributed by atoms with van der Waals surface area (Å²) in [6.45, 7) is 7.50. The van der Waals surface area contributed by atoms with Crippen LogP contribution in [0.2, 0.25) is 0 Å². The van der Waals surface area contributed by atoms with Gasteiger partial charge in [-0.05, 0) is 46.0 Å². The van der Waals surface area contributed by atoms with Crippen molar-refractivity contribution in [3.05, 3.63) is 34.9 Å². The molecule has 1 aromatic rings. The zero-order valence-corrected chi connectivity index (χ0v) is 13.4. The maximum atomic E-state index is 12.3. The number of methoxy groups -OCH3 is 1. The highest BCUT2D eigenvalue weighted by molar-refractivity contribution is 5.82. The Morgan fingerprint density at radius 3 is 2.55 bits per heavy atom. The standard InChI is InChI=1S/C16H26N2O2/c1-12-7-8-13(2)14(11-12)16(3,15(19)20-6)17-9-10-18(4)5/h7-8,11,17H,9-10H2,1-6H3. The van der Waals surface area contributed by atoms with Crippen molar-refractivity contribution in [2.45, 2.75) is 26.3 Å². The molecule has 0 heterocycles. The lowest BCUT2D eigenvalue weighted by Crippen LogP contribution is -2.49. The Kier molecular flexibility index (Phi) is 5.72. The van der Waals surface area contributed by atoms with Gasteiger partial charge in [-0.25, -0.2) is 4.79 Å². The highest BCUT2D eigenvalue weighted by atomic mass is 16.5. The predicted molar refractivity (Wildman–Crippen MR) is 81.8 cm³/mol. The monoisotopic (exact) mass is 278 g/mol. The number of rotatable bonds is 6. The third kappa shape index (κ3) is 3.81. The van der Waals surface area contributed by atoms with Gasteiger partial charge in [0.25, 0.3) is 0 Å². The van der Waals surface area contributed by atoms with E-state index in [0.717, 1.165) is 23.2 Å². The Labute approximate surface area is 122 Å². The number of likely N-dealkylation sites (N-methyl/N-ethyl adjacent to an activating group) is 1. The molecular weight excluding hydrogens is 252 g/mol. The van der Waals surface area contributed by atoms with Gasteiger partial charge in [0, 0.05) is 13.1 Å². The van der Waals surface area contributed by atoms with Crippen LogP contribution in [0, 0.1) is 13.8 Å². The molecule has 4 heteroatoms. The van der Waals surface area contributed by atoms with Gasteiger partial charge in [-0.15, -0.1) is 0 Å². The summed E-state index contributed by atoms with van der Waals surface area (Å²) in [6.07, 6.45) is 0. The molecule has 0 aromatic heterocycles. The van der Waals surface area contributed by atoms with E-state index in [1.807, 2.05) is 40.9 Å². The molecule has 4 nitrogen and oxygen atoms in total. The van der Waals surface area contributed by atoms with E-state index < -0.39 is 5.54 Å². The minimum absolute atomic E-state index is 0.259. The second-order valence-corrected chi connectivity index (χ2v) is 5.67. The highest BCUT2D eigenvalue weighted by Gasteiger charge is 2.37. The molecule has 0 saturated carbocycles. The number of nitrogens with one attached hydrogen (secondary N) is 1. The van der Waals surface area contributed by atoms with E-state index in [2.05, 4.69) is 22.3 Å². The van der Waals surface area contributed by atoms with Crippen molar-refractivity contribution in [2.24, 2.45) is 0 Å². The fourth-order valence-electron chi connectivity index (χ4n) is 2.29. The summed E-state index contributed by atoms with van der Waals surface area (Å²) in [5.74, 6) is -0.259. The van der Waals surface area contributed by atoms with E-state index in [-0.39, 0.29) is 5.97 Å². The van der Waals surface area contributed by atoms with Gasteiger partial charge in [-0.1, -0.05) is 23.8 Å². The summed E-state index contributed by atoms with van der Waals surface area (Å²) in [4.78, 5) is 14.4. The van der Waals surface area contributed by atoms with Crippen LogP contribution in [0.1, 0.15) is 23.6 Å². The first-order chi connectivity index (χ1) is 9.31. The van der Waals surface area contributed by atoms with Crippen molar-refractivity contribution >= 4 is 5.97 Å². The van der Waals surface area contributed by atoms with Crippen LogP contribution in [0.4, 0.5) is 0 Å². The van der Waals surface area contributed by atoms with Crippen molar-refractivity contribution in [3.8, 4) is 0 Å². The Hall–Kier alpha value is -1.39. The topological polar surface area (TPSA) is 41.6 Å². The molecule has 0 amide bonds. The SMILES string of the molecule is COC(=O)C(C)(NCCN(C)C)c1cc(C)ccc1C. The molecule has 0 bridgehead atoms. The van der Waals surface area contributed by atoms with Crippen molar-refractivity contribution in [3.63, 3.8) is 0 Å². The Balaban J connectivity index is 3.10. The van der Waals surface area contributed by atoms with E-state index in [1.165, 1.54) is 7.11 Å². The molecule has 1 rings (SSSR count). The molecule has 0 aliphatic carbocycles. The third-order valence-electron chi connectivity index (χ3n) is 3.56. The zero-order valence-electron chi connectivity index (χ0n) is 13.4. The van der Waals surface area contributed by atoms with Crippen molar-refractivity contribution in [1.82, 2.24) is 10.2 Å². The van der Waals surface area contributed by atoms with Gasteiger partial charge >= 0.3 is 5.97 Å². The average molecular weight is 278 g/mol. The van der Waals surface area contributed by atoms with Crippen LogP contribution in [-0.2, 0) is 15.1 Å². The van der Waals surface area contributed by atoms with Gasteiger partial charge in [-0.2, -0.15) is 0 Å². The molecule has 1 atom stereocenters. The van der Waals surface area contributed by atoms with Gasteiger partial charge in [0.1, 0.15) is 5.54 Å². The molecule has 0 saturated heterocycles. The number of carbonyl (C=O) groups is 1. The lowest BCUT2D eigenvalue weighted by Gasteiger charge is -2.31. The molecule has 112 valence electrons. The van der Waals surface area contributed by atoms with Crippen LogP contribution in [0.15, 0.2) is 18.2 Å². The summed E-state index contributed by atoms with van der Waals surface area (Å²) in [6, 6.07) is 6.14. The minimum Gasteiger partial charge on any atom is -0.467 e. The third-order valence-corrected chi connectivity index (χ3v) is 3.56. The second-order valence-electron chi connectivity index (χ2n) is 5.67. The Morgan fingerprint density at radius 1 is 1.35 bits per heavy atom. The molecule has 0 aliphatic rings. The highest BCUT2D eigenvalue weighted by Crippen LogP contribution is 2.26. The van der Waals surface area contributed by atoms with Crippen LogP contribution in [0.3, 0.4) is 0 Å².